The number of aliphatic hydroxyl groups excluding tert-OH is 1. The van der Waals surface area contributed by atoms with Gasteiger partial charge in [0.25, 0.3) is 0 Å². The number of rotatable bonds is 28. The lowest BCUT2D eigenvalue weighted by Gasteiger charge is -2.47. The highest BCUT2D eigenvalue weighted by Crippen LogP contribution is 2.33. The van der Waals surface area contributed by atoms with Crippen molar-refractivity contribution in [2.24, 2.45) is 5.11 Å². The van der Waals surface area contributed by atoms with E-state index in [1.165, 1.54) is 0 Å². The number of hydrogen-bond donors (Lipinski definition) is 1. The predicted octanol–water partition coefficient (Wildman–Crippen LogP) is 6.09. The highest BCUT2D eigenvalue weighted by molar-refractivity contribution is 4.93. The fraction of sp³-hybridized carbons (Fsp3) is 1.00. The summed E-state index contributed by atoms with van der Waals surface area (Å²) in [5.41, 5.74) is 8.71. The van der Waals surface area contributed by atoms with Gasteiger partial charge in [0.1, 0.15) is 36.6 Å². The van der Waals surface area contributed by atoms with Crippen molar-refractivity contribution in [3.05, 3.63) is 10.4 Å². The van der Waals surface area contributed by atoms with E-state index in [4.69, 9.17) is 48.2 Å². The first-order valence-electron chi connectivity index (χ1n) is 18.3. The van der Waals surface area contributed by atoms with Gasteiger partial charge in [-0.1, -0.05) is 71.8 Å². The molecule has 0 spiro atoms. The Kier molecular flexibility index (Phi) is 23.9. The summed E-state index contributed by atoms with van der Waals surface area (Å²) >= 11 is 0. The summed E-state index contributed by atoms with van der Waals surface area (Å²) < 4.78 is 56.8. The lowest BCUT2D eigenvalue weighted by Crippen LogP contribution is -2.63. The minimum absolute atomic E-state index is 0.186. The third-order valence-corrected chi connectivity index (χ3v) is 8.25. The fourth-order valence-electron chi connectivity index (χ4n) is 5.35. The van der Waals surface area contributed by atoms with Gasteiger partial charge < -0.3 is 47.7 Å². The minimum Gasteiger partial charge on any atom is -0.387 e. The molecule has 276 valence electrons. The van der Waals surface area contributed by atoms with Gasteiger partial charge in [0.15, 0.2) is 12.6 Å². The summed E-state index contributed by atoms with van der Waals surface area (Å²) in [6.45, 7) is 14.1. The Morgan fingerprint density at radius 1 is 0.638 bits per heavy atom. The Bertz CT molecular complexity index is 808. The molecule has 2 fully saturated rings. The van der Waals surface area contributed by atoms with Crippen molar-refractivity contribution in [2.45, 2.75) is 161 Å². The molecule has 13 heteroatoms. The van der Waals surface area contributed by atoms with E-state index in [1.54, 1.807) is 0 Å². The van der Waals surface area contributed by atoms with Crippen LogP contribution in [0.4, 0.5) is 0 Å². The van der Waals surface area contributed by atoms with E-state index in [0.717, 1.165) is 64.2 Å². The van der Waals surface area contributed by atoms with E-state index in [9.17, 15) is 5.11 Å². The SMILES string of the molecule is CCCCOCC1O[C@@H](O[C@H]2C[C@H](OCCCC)[C@H](OCCN=[N+]=[N-])OC2COCCCC)[C@@H](OCCCC)C(OCCCC)[C@H]1O. The molecular formula is C34H65N3O10. The topological polar surface area (TPSA) is 152 Å². The van der Waals surface area contributed by atoms with E-state index in [1.807, 2.05) is 0 Å². The van der Waals surface area contributed by atoms with Gasteiger partial charge in [-0.05, 0) is 37.6 Å². The van der Waals surface area contributed by atoms with Crippen LogP contribution in [0.25, 0.3) is 10.4 Å². The second kappa shape index (κ2) is 26.7. The summed E-state index contributed by atoms with van der Waals surface area (Å²) in [5, 5.41) is 15.1. The van der Waals surface area contributed by atoms with Crippen LogP contribution in [0.15, 0.2) is 5.11 Å². The van der Waals surface area contributed by atoms with Crippen LogP contribution in [0, 0.1) is 0 Å². The minimum atomic E-state index is -0.949. The van der Waals surface area contributed by atoms with Crippen LogP contribution in [0.1, 0.15) is 105 Å². The van der Waals surface area contributed by atoms with Crippen LogP contribution >= 0.6 is 0 Å². The van der Waals surface area contributed by atoms with E-state index in [0.29, 0.717) is 46.1 Å². The third-order valence-electron chi connectivity index (χ3n) is 8.25. The molecule has 2 rings (SSSR count). The van der Waals surface area contributed by atoms with Crippen molar-refractivity contribution in [1.29, 1.82) is 0 Å². The average molecular weight is 676 g/mol. The highest BCUT2D eigenvalue weighted by Gasteiger charge is 2.50. The maximum Gasteiger partial charge on any atom is 0.187 e. The molecule has 2 saturated heterocycles. The molecule has 3 unspecified atom stereocenters. The molecular weight excluding hydrogens is 610 g/mol. The molecule has 0 aromatic heterocycles. The molecule has 0 amide bonds. The van der Waals surface area contributed by atoms with Crippen molar-refractivity contribution in [2.75, 3.05) is 59.4 Å². The van der Waals surface area contributed by atoms with Crippen molar-refractivity contribution in [3.8, 4) is 0 Å². The molecule has 0 saturated carbocycles. The molecule has 0 aliphatic carbocycles. The van der Waals surface area contributed by atoms with Crippen LogP contribution in [0.5, 0.6) is 0 Å². The third kappa shape index (κ3) is 16.0. The maximum atomic E-state index is 11.5. The van der Waals surface area contributed by atoms with Gasteiger partial charge in [-0.2, -0.15) is 0 Å². The Balaban J connectivity index is 2.35. The van der Waals surface area contributed by atoms with Crippen molar-refractivity contribution < 1.29 is 47.7 Å². The van der Waals surface area contributed by atoms with Crippen LogP contribution in [-0.4, -0.2) is 120 Å². The molecule has 9 atom stereocenters. The van der Waals surface area contributed by atoms with Crippen molar-refractivity contribution >= 4 is 0 Å². The zero-order valence-electron chi connectivity index (χ0n) is 29.8. The van der Waals surface area contributed by atoms with Gasteiger partial charge in [0, 0.05) is 50.9 Å². The zero-order chi connectivity index (χ0) is 34.1. The first-order chi connectivity index (χ1) is 23.0. The molecule has 2 aliphatic heterocycles. The smallest absolute Gasteiger partial charge is 0.187 e. The summed E-state index contributed by atoms with van der Waals surface area (Å²) in [6.07, 6.45) is 3.98. The number of aliphatic hydroxyl groups is 1. The van der Waals surface area contributed by atoms with Gasteiger partial charge in [0.05, 0.1) is 25.9 Å². The Hall–Kier alpha value is -1.09. The number of hydrogen-bond acceptors (Lipinski definition) is 11. The molecule has 0 aromatic rings. The molecule has 2 heterocycles. The van der Waals surface area contributed by atoms with Crippen molar-refractivity contribution in [1.82, 2.24) is 0 Å². The lowest BCUT2D eigenvalue weighted by atomic mass is 9.97. The molecule has 0 aromatic carbocycles. The Morgan fingerprint density at radius 3 is 1.77 bits per heavy atom. The van der Waals surface area contributed by atoms with E-state index in [-0.39, 0.29) is 19.8 Å². The first-order valence-corrected chi connectivity index (χ1v) is 18.3. The largest absolute Gasteiger partial charge is 0.387 e. The summed E-state index contributed by atoms with van der Waals surface area (Å²) in [7, 11) is 0. The van der Waals surface area contributed by atoms with Crippen LogP contribution < -0.4 is 0 Å². The number of ether oxygens (including phenoxy) is 9. The van der Waals surface area contributed by atoms with Gasteiger partial charge in [-0.3, -0.25) is 0 Å². The molecule has 2 aliphatic rings. The van der Waals surface area contributed by atoms with Gasteiger partial charge in [-0.25, -0.2) is 0 Å². The summed E-state index contributed by atoms with van der Waals surface area (Å²) in [5.74, 6) is 0. The van der Waals surface area contributed by atoms with Crippen LogP contribution in [0.2, 0.25) is 0 Å². The normalized spacial score (nSPS) is 29.5. The Morgan fingerprint density at radius 2 is 1.17 bits per heavy atom. The predicted molar refractivity (Wildman–Crippen MR) is 178 cm³/mol. The van der Waals surface area contributed by atoms with Gasteiger partial charge >= 0.3 is 0 Å². The number of unbranched alkanes of at least 4 members (excludes halogenated alkanes) is 5. The maximum absolute atomic E-state index is 11.5. The molecule has 0 radical (unpaired) electrons. The molecule has 0 bridgehead atoms. The average Bonchev–Trinajstić information content (AvgIpc) is 3.07. The van der Waals surface area contributed by atoms with Crippen molar-refractivity contribution in [3.63, 3.8) is 0 Å². The van der Waals surface area contributed by atoms with Gasteiger partial charge in [0.2, 0.25) is 0 Å². The number of azide groups is 1. The first kappa shape index (κ1) is 42.1. The van der Waals surface area contributed by atoms with Crippen LogP contribution in [-0.2, 0) is 42.6 Å². The van der Waals surface area contributed by atoms with E-state index in [2.05, 4.69) is 44.6 Å². The van der Waals surface area contributed by atoms with E-state index >= 15 is 0 Å². The summed E-state index contributed by atoms with van der Waals surface area (Å²) in [6, 6.07) is 0. The zero-order valence-corrected chi connectivity index (χ0v) is 29.8. The standard InChI is InChI=1S/C34H65N3O10/c1-6-11-17-39-24-28-26(23-27(41-19-13-8-3)33(46-28)44-22-16-36-37-35)45-34-32(43-21-15-10-5)31(42-20-14-9-4)30(38)29(47-34)25-40-18-12-7-2/h26-34,38H,6-25H2,1-5H3/t26-,27-,28?,29?,30-,31?,32-,33+,34+/m0/s1. The van der Waals surface area contributed by atoms with Gasteiger partial charge in [-0.15, -0.1) is 0 Å². The fourth-order valence-corrected chi connectivity index (χ4v) is 5.35. The molecule has 47 heavy (non-hydrogen) atoms. The molecule has 1 N–H and O–H groups in total. The second-order valence-electron chi connectivity index (χ2n) is 12.3. The number of nitrogens with zero attached hydrogens (tertiary/aromatic N) is 3. The summed E-state index contributed by atoms with van der Waals surface area (Å²) in [4.78, 5) is 2.82. The second-order valence-corrected chi connectivity index (χ2v) is 12.3. The Labute approximate surface area is 283 Å². The quantitative estimate of drug-likeness (QED) is 0.0446. The monoisotopic (exact) mass is 675 g/mol. The lowest BCUT2D eigenvalue weighted by molar-refractivity contribution is -0.353. The van der Waals surface area contributed by atoms with E-state index < -0.39 is 55.3 Å². The van der Waals surface area contributed by atoms with Crippen LogP contribution in [0.3, 0.4) is 0 Å². The molecule has 13 nitrogen and oxygen atoms in total. The highest BCUT2D eigenvalue weighted by atomic mass is 16.7.